The second-order valence-corrected chi connectivity index (χ2v) is 5.12. The molecule has 3 aliphatic carbocycles. The number of aliphatic carboxylic acids is 1. The van der Waals surface area contributed by atoms with Gasteiger partial charge < -0.3 is 10.4 Å². The molecule has 4 unspecified atom stereocenters. The van der Waals surface area contributed by atoms with E-state index in [1.807, 2.05) is 12.2 Å². The van der Waals surface area contributed by atoms with Crippen molar-refractivity contribution in [1.29, 1.82) is 0 Å². The van der Waals surface area contributed by atoms with E-state index < -0.39 is 11.9 Å². The van der Waals surface area contributed by atoms with Crippen LogP contribution in [-0.2, 0) is 9.59 Å². The average Bonchev–Trinajstić information content (AvgIpc) is 2.81. The summed E-state index contributed by atoms with van der Waals surface area (Å²) < 4.78 is 0. The fourth-order valence-corrected chi connectivity index (χ4v) is 3.04. The standard InChI is InChI=1S/C12H15NO3/c14-11(13-8-3-4-8)9-6-1-2-7(5-6)10(9)12(15)16/h1-2,6-10H,3-5H2,(H,13,14)(H,15,16). The third-order valence-electron chi connectivity index (χ3n) is 3.97. The fraction of sp³-hybridized carbons (Fsp3) is 0.667. The third kappa shape index (κ3) is 1.44. The molecule has 2 bridgehead atoms. The van der Waals surface area contributed by atoms with E-state index >= 15 is 0 Å². The molecular weight excluding hydrogens is 206 g/mol. The van der Waals surface area contributed by atoms with Crippen LogP contribution in [0.3, 0.4) is 0 Å². The van der Waals surface area contributed by atoms with Gasteiger partial charge in [-0.15, -0.1) is 0 Å². The van der Waals surface area contributed by atoms with Crippen LogP contribution in [0.2, 0.25) is 0 Å². The number of carbonyl (C=O) groups excluding carboxylic acids is 1. The first-order valence-electron chi connectivity index (χ1n) is 5.88. The molecule has 3 aliphatic rings. The number of fused-ring (bicyclic) bond motifs is 2. The van der Waals surface area contributed by atoms with Crippen LogP contribution in [-0.4, -0.2) is 23.0 Å². The Morgan fingerprint density at radius 2 is 1.75 bits per heavy atom. The molecule has 2 fully saturated rings. The number of carbonyl (C=O) groups is 2. The minimum absolute atomic E-state index is 0.0493. The second kappa shape index (κ2) is 3.34. The molecule has 0 aliphatic heterocycles. The van der Waals surface area contributed by atoms with Crippen LogP contribution in [0.15, 0.2) is 12.2 Å². The SMILES string of the molecule is O=C(O)C1C2C=CC(C2)C1C(=O)NC1CC1. The molecule has 4 atom stereocenters. The van der Waals surface area contributed by atoms with E-state index in [9.17, 15) is 14.7 Å². The highest BCUT2D eigenvalue weighted by molar-refractivity contribution is 5.87. The zero-order valence-corrected chi connectivity index (χ0v) is 8.93. The van der Waals surface area contributed by atoms with E-state index in [0.717, 1.165) is 19.3 Å². The molecule has 3 rings (SSSR count). The molecule has 86 valence electrons. The molecule has 0 spiro atoms. The zero-order valence-electron chi connectivity index (χ0n) is 8.93. The molecule has 16 heavy (non-hydrogen) atoms. The van der Waals surface area contributed by atoms with Gasteiger partial charge in [-0.1, -0.05) is 12.2 Å². The highest BCUT2D eigenvalue weighted by Gasteiger charge is 2.52. The van der Waals surface area contributed by atoms with Crippen molar-refractivity contribution in [3.63, 3.8) is 0 Å². The molecule has 0 saturated heterocycles. The Balaban J connectivity index is 1.78. The molecule has 2 saturated carbocycles. The maximum absolute atomic E-state index is 12.0. The van der Waals surface area contributed by atoms with Gasteiger partial charge in [0.05, 0.1) is 11.8 Å². The Bertz CT molecular complexity index is 372. The topological polar surface area (TPSA) is 66.4 Å². The molecular formula is C12H15NO3. The minimum atomic E-state index is -0.826. The Morgan fingerprint density at radius 1 is 1.12 bits per heavy atom. The molecule has 0 radical (unpaired) electrons. The van der Waals surface area contributed by atoms with Crippen LogP contribution in [0, 0.1) is 23.7 Å². The quantitative estimate of drug-likeness (QED) is 0.692. The summed E-state index contributed by atoms with van der Waals surface area (Å²) in [4.78, 5) is 23.2. The number of carboxylic acid groups (broad SMARTS) is 1. The zero-order chi connectivity index (χ0) is 11.3. The first kappa shape index (κ1) is 9.87. The summed E-state index contributed by atoms with van der Waals surface area (Å²) in [5.74, 6) is -1.51. The van der Waals surface area contributed by atoms with Crippen LogP contribution in [0.5, 0.6) is 0 Å². The molecule has 4 nitrogen and oxygen atoms in total. The Hall–Kier alpha value is -1.32. The van der Waals surface area contributed by atoms with Crippen LogP contribution in [0.25, 0.3) is 0 Å². The van der Waals surface area contributed by atoms with Crippen LogP contribution in [0.4, 0.5) is 0 Å². The van der Waals surface area contributed by atoms with Crippen LogP contribution >= 0.6 is 0 Å². The van der Waals surface area contributed by atoms with Gasteiger partial charge >= 0.3 is 5.97 Å². The maximum Gasteiger partial charge on any atom is 0.307 e. The van der Waals surface area contributed by atoms with Crippen molar-refractivity contribution in [3.8, 4) is 0 Å². The highest BCUT2D eigenvalue weighted by Crippen LogP contribution is 2.48. The average molecular weight is 221 g/mol. The van der Waals surface area contributed by atoms with Gasteiger partial charge in [0, 0.05) is 6.04 Å². The van der Waals surface area contributed by atoms with Crippen molar-refractivity contribution in [2.75, 3.05) is 0 Å². The third-order valence-corrected chi connectivity index (χ3v) is 3.97. The van der Waals surface area contributed by atoms with Gasteiger partial charge in [0.15, 0.2) is 0 Å². The van der Waals surface area contributed by atoms with Gasteiger partial charge in [-0.3, -0.25) is 9.59 Å². The predicted octanol–water partition coefficient (Wildman–Crippen LogP) is 0.788. The van der Waals surface area contributed by atoms with Crippen molar-refractivity contribution < 1.29 is 14.7 Å². The largest absolute Gasteiger partial charge is 0.481 e. The van der Waals surface area contributed by atoms with Crippen molar-refractivity contribution in [3.05, 3.63) is 12.2 Å². The van der Waals surface area contributed by atoms with Crippen molar-refractivity contribution >= 4 is 11.9 Å². The first-order chi connectivity index (χ1) is 7.66. The number of rotatable bonds is 3. The summed E-state index contributed by atoms with van der Waals surface area (Å²) in [5, 5.41) is 12.1. The first-order valence-corrected chi connectivity index (χ1v) is 5.88. The maximum atomic E-state index is 12.0. The molecule has 0 heterocycles. The van der Waals surface area contributed by atoms with Gasteiger partial charge in [-0.25, -0.2) is 0 Å². The Labute approximate surface area is 93.7 Å². The van der Waals surface area contributed by atoms with Crippen molar-refractivity contribution in [2.24, 2.45) is 23.7 Å². The number of carboxylic acids is 1. The summed E-state index contributed by atoms with van der Waals surface area (Å²) >= 11 is 0. The lowest BCUT2D eigenvalue weighted by Crippen LogP contribution is -2.40. The minimum Gasteiger partial charge on any atom is -0.481 e. The van der Waals surface area contributed by atoms with E-state index in [4.69, 9.17) is 0 Å². The number of nitrogens with one attached hydrogen (secondary N) is 1. The summed E-state index contributed by atoms with van der Waals surface area (Å²) in [6.07, 6.45) is 6.89. The lowest BCUT2D eigenvalue weighted by Gasteiger charge is -2.23. The van der Waals surface area contributed by atoms with Crippen molar-refractivity contribution in [1.82, 2.24) is 5.32 Å². The summed E-state index contributed by atoms with van der Waals surface area (Å²) in [6, 6.07) is 0.310. The number of hydrogen-bond acceptors (Lipinski definition) is 2. The van der Waals surface area contributed by atoms with Gasteiger partial charge in [0.1, 0.15) is 0 Å². The smallest absolute Gasteiger partial charge is 0.307 e. The molecule has 1 amide bonds. The van der Waals surface area contributed by atoms with E-state index in [0.29, 0.717) is 6.04 Å². The second-order valence-electron chi connectivity index (χ2n) is 5.12. The summed E-state index contributed by atoms with van der Waals surface area (Å²) in [6.45, 7) is 0. The molecule has 0 aromatic carbocycles. The molecule has 4 heteroatoms. The number of allylic oxidation sites excluding steroid dienone is 2. The van der Waals surface area contributed by atoms with E-state index in [1.165, 1.54) is 0 Å². The van der Waals surface area contributed by atoms with E-state index in [1.54, 1.807) is 0 Å². The van der Waals surface area contributed by atoms with Gasteiger partial charge in [0.2, 0.25) is 5.91 Å². The van der Waals surface area contributed by atoms with Crippen LogP contribution < -0.4 is 5.32 Å². The monoisotopic (exact) mass is 221 g/mol. The normalized spacial score (nSPS) is 40.0. The number of hydrogen-bond donors (Lipinski definition) is 2. The highest BCUT2D eigenvalue weighted by atomic mass is 16.4. The lowest BCUT2D eigenvalue weighted by molar-refractivity contribution is -0.147. The van der Waals surface area contributed by atoms with E-state index in [-0.39, 0.29) is 23.7 Å². The predicted molar refractivity (Wildman–Crippen MR) is 56.5 cm³/mol. The molecule has 2 N–H and O–H groups in total. The molecule has 0 aromatic rings. The lowest BCUT2D eigenvalue weighted by atomic mass is 9.82. The van der Waals surface area contributed by atoms with Gasteiger partial charge in [0.25, 0.3) is 0 Å². The van der Waals surface area contributed by atoms with Crippen molar-refractivity contribution in [2.45, 2.75) is 25.3 Å². The summed E-state index contributed by atoms with van der Waals surface area (Å²) in [7, 11) is 0. The number of amides is 1. The van der Waals surface area contributed by atoms with Crippen LogP contribution in [0.1, 0.15) is 19.3 Å². The van der Waals surface area contributed by atoms with Gasteiger partial charge in [-0.2, -0.15) is 0 Å². The Kier molecular flexibility index (Phi) is 2.06. The molecule has 0 aromatic heterocycles. The fourth-order valence-electron chi connectivity index (χ4n) is 3.04. The van der Waals surface area contributed by atoms with Gasteiger partial charge in [-0.05, 0) is 31.1 Å². The van der Waals surface area contributed by atoms with E-state index in [2.05, 4.69) is 5.32 Å². The Morgan fingerprint density at radius 3 is 2.31 bits per heavy atom. The summed E-state index contributed by atoms with van der Waals surface area (Å²) in [5.41, 5.74) is 0.